The molecule has 0 aliphatic rings. The van der Waals surface area contributed by atoms with E-state index in [-0.39, 0.29) is 11.8 Å². The van der Waals surface area contributed by atoms with Gasteiger partial charge in [0.1, 0.15) is 0 Å². The van der Waals surface area contributed by atoms with Crippen LogP contribution < -0.4 is 0 Å². The number of unbranched alkanes of at least 4 members (excludes halogenated alkanes) is 2. The summed E-state index contributed by atoms with van der Waals surface area (Å²) in [6, 6.07) is 25.3. The highest BCUT2D eigenvalue weighted by Gasteiger charge is 2.43. The Labute approximate surface area is 186 Å². The lowest BCUT2D eigenvalue weighted by Crippen LogP contribution is -2.60. The van der Waals surface area contributed by atoms with Crippen molar-refractivity contribution in [3.05, 3.63) is 71.8 Å². The Hall–Kier alpha value is -1.42. The first-order valence-corrected chi connectivity index (χ1v) is 14.8. The van der Waals surface area contributed by atoms with E-state index < -0.39 is 8.07 Å². The van der Waals surface area contributed by atoms with Crippen molar-refractivity contribution < 1.29 is 5.11 Å². The van der Waals surface area contributed by atoms with Crippen molar-refractivity contribution >= 4 is 8.07 Å². The van der Waals surface area contributed by atoms with Gasteiger partial charge in [0.2, 0.25) is 0 Å². The van der Waals surface area contributed by atoms with Gasteiger partial charge in [0.25, 0.3) is 0 Å². The molecular formula is C27H43NOSi. The minimum Gasteiger partial charge on any atom is -0.392 e. The SMILES string of the molecule is CCCCCC(O)C(N(Cc1ccccc1)Cc1ccccc1)[Si](CC)(CC)CC. The Balaban J connectivity index is 2.42. The molecule has 2 aromatic carbocycles. The second-order valence-electron chi connectivity index (χ2n) is 8.81. The van der Waals surface area contributed by atoms with E-state index in [2.05, 4.69) is 93.3 Å². The van der Waals surface area contributed by atoms with E-state index in [0.29, 0.717) is 0 Å². The third-order valence-corrected chi connectivity index (χ3v) is 13.3. The molecule has 2 nitrogen and oxygen atoms in total. The second kappa shape index (κ2) is 13.1. The smallest absolute Gasteiger partial charge is 0.0755 e. The van der Waals surface area contributed by atoms with Crippen LogP contribution in [-0.4, -0.2) is 29.8 Å². The fourth-order valence-corrected chi connectivity index (χ4v) is 9.76. The molecule has 2 unspecified atom stereocenters. The van der Waals surface area contributed by atoms with Crippen LogP contribution in [0.4, 0.5) is 0 Å². The summed E-state index contributed by atoms with van der Waals surface area (Å²) in [5, 5.41) is 11.6. The van der Waals surface area contributed by atoms with Gasteiger partial charge in [-0.2, -0.15) is 0 Å². The summed E-state index contributed by atoms with van der Waals surface area (Å²) in [6.45, 7) is 11.2. The van der Waals surface area contributed by atoms with Crippen LogP contribution in [0.15, 0.2) is 60.7 Å². The Morgan fingerprint density at radius 2 is 1.20 bits per heavy atom. The average Bonchev–Trinajstić information content (AvgIpc) is 2.79. The summed E-state index contributed by atoms with van der Waals surface area (Å²) in [7, 11) is -1.66. The first-order chi connectivity index (χ1) is 14.6. The fourth-order valence-electron chi connectivity index (χ4n) is 5.07. The number of aliphatic hydroxyl groups is 1. The van der Waals surface area contributed by atoms with Crippen molar-refractivity contribution in [2.24, 2.45) is 0 Å². The Kier molecular flexibility index (Phi) is 10.8. The highest BCUT2D eigenvalue weighted by molar-refractivity contribution is 6.81. The van der Waals surface area contributed by atoms with E-state index >= 15 is 0 Å². The Morgan fingerprint density at radius 3 is 1.60 bits per heavy atom. The minimum absolute atomic E-state index is 0.240. The minimum atomic E-state index is -1.66. The molecule has 0 amide bonds. The number of hydrogen-bond donors (Lipinski definition) is 1. The molecule has 0 aliphatic heterocycles. The number of rotatable bonds is 14. The van der Waals surface area contributed by atoms with Crippen LogP contribution in [0.2, 0.25) is 18.1 Å². The molecule has 0 aromatic heterocycles. The molecule has 166 valence electrons. The molecular weight excluding hydrogens is 382 g/mol. The molecule has 3 heteroatoms. The fraction of sp³-hybridized carbons (Fsp3) is 0.556. The topological polar surface area (TPSA) is 23.5 Å². The van der Waals surface area contributed by atoms with E-state index in [1.54, 1.807) is 0 Å². The van der Waals surface area contributed by atoms with Crippen LogP contribution in [0.3, 0.4) is 0 Å². The van der Waals surface area contributed by atoms with Crippen LogP contribution in [0, 0.1) is 0 Å². The lowest BCUT2D eigenvalue weighted by atomic mass is 10.1. The van der Waals surface area contributed by atoms with Crippen molar-refractivity contribution in [2.45, 2.75) is 96.4 Å². The van der Waals surface area contributed by atoms with Gasteiger partial charge < -0.3 is 5.11 Å². The normalized spacial score (nSPS) is 14.1. The molecule has 0 heterocycles. The number of hydrogen-bond acceptors (Lipinski definition) is 2. The molecule has 0 spiro atoms. The summed E-state index contributed by atoms with van der Waals surface area (Å²) in [5.74, 6) is 0. The zero-order valence-electron chi connectivity index (χ0n) is 19.7. The van der Waals surface area contributed by atoms with E-state index in [0.717, 1.165) is 25.9 Å². The van der Waals surface area contributed by atoms with Crippen LogP contribution in [0.25, 0.3) is 0 Å². The van der Waals surface area contributed by atoms with Crippen molar-refractivity contribution in [3.63, 3.8) is 0 Å². The molecule has 0 fully saturated rings. The molecule has 2 atom stereocenters. The van der Waals surface area contributed by atoms with Crippen molar-refractivity contribution in [2.75, 3.05) is 0 Å². The Bertz CT molecular complexity index is 637. The zero-order valence-corrected chi connectivity index (χ0v) is 20.7. The third-order valence-electron chi connectivity index (χ3n) is 7.06. The van der Waals surface area contributed by atoms with Gasteiger partial charge in [0, 0.05) is 18.8 Å². The van der Waals surface area contributed by atoms with Crippen LogP contribution in [0.1, 0.15) is 64.5 Å². The lowest BCUT2D eigenvalue weighted by Gasteiger charge is -2.47. The van der Waals surface area contributed by atoms with Gasteiger partial charge in [-0.1, -0.05) is 126 Å². The summed E-state index contributed by atoms with van der Waals surface area (Å²) in [5.41, 5.74) is 2.96. The number of aliphatic hydroxyl groups excluding tert-OH is 1. The molecule has 2 rings (SSSR count). The van der Waals surface area contributed by atoms with Crippen LogP contribution in [-0.2, 0) is 13.1 Å². The maximum absolute atomic E-state index is 11.6. The van der Waals surface area contributed by atoms with Gasteiger partial charge in [-0.3, -0.25) is 4.90 Å². The van der Waals surface area contributed by atoms with Crippen LogP contribution >= 0.6 is 0 Å². The molecule has 0 saturated heterocycles. The van der Waals surface area contributed by atoms with Gasteiger partial charge in [0.05, 0.1) is 14.2 Å². The van der Waals surface area contributed by atoms with Gasteiger partial charge in [0.15, 0.2) is 0 Å². The van der Waals surface area contributed by atoms with E-state index in [9.17, 15) is 5.11 Å². The monoisotopic (exact) mass is 425 g/mol. The van der Waals surface area contributed by atoms with E-state index in [4.69, 9.17) is 0 Å². The largest absolute Gasteiger partial charge is 0.392 e. The predicted octanol–water partition coefficient (Wildman–Crippen LogP) is 7.05. The summed E-state index contributed by atoms with van der Waals surface area (Å²) < 4.78 is 0. The van der Waals surface area contributed by atoms with Gasteiger partial charge in [-0.15, -0.1) is 0 Å². The second-order valence-corrected chi connectivity index (χ2v) is 14.2. The number of benzene rings is 2. The van der Waals surface area contributed by atoms with Gasteiger partial charge >= 0.3 is 0 Å². The third kappa shape index (κ3) is 6.80. The van der Waals surface area contributed by atoms with E-state index in [1.807, 2.05) is 0 Å². The van der Waals surface area contributed by atoms with Crippen molar-refractivity contribution in [3.8, 4) is 0 Å². The average molecular weight is 426 g/mol. The summed E-state index contributed by atoms with van der Waals surface area (Å²) in [6.07, 6.45) is 4.22. The number of nitrogens with zero attached hydrogens (tertiary/aromatic N) is 1. The predicted molar refractivity (Wildman–Crippen MR) is 133 cm³/mol. The molecule has 0 aliphatic carbocycles. The first-order valence-electron chi connectivity index (χ1n) is 12.1. The molecule has 30 heavy (non-hydrogen) atoms. The lowest BCUT2D eigenvalue weighted by molar-refractivity contribution is 0.0664. The van der Waals surface area contributed by atoms with Crippen molar-refractivity contribution in [1.29, 1.82) is 0 Å². The Morgan fingerprint density at radius 1 is 0.733 bits per heavy atom. The van der Waals surface area contributed by atoms with Gasteiger partial charge in [-0.05, 0) is 17.5 Å². The van der Waals surface area contributed by atoms with Crippen molar-refractivity contribution in [1.82, 2.24) is 4.90 Å². The highest BCUT2D eigenvalue weighted by Crippen LogP contribution is 2.33. The molecule has 1 N–H and O–H groups in total. The quantitative estimate of drug-likeness (QED) is 0.259. The van der Waals surface area contributed by atoms with E-state index in [1.165, 1.54) is 42.1 Å². The molecule has 0 saturated carbocycles. The highest BCUT2D eigenvalue weighted by atomic mass is 28.3. The summed E-state index contributed by atoms with van der Waals surface area (Å²) >= 11 is 0. The molecule has 0 bridgehead atoms. The standard InChI is InChI=1S/C27H43NOSi/c1-5-9-12-21-26(29)27(30(6-2,7-3)8-4)28(22-24-17-13-10-14-18-24)23-25-19-15-11-16-20-25/h10-11,13-20,26-27,29H,5-9,12,21-23H2,1-4H3. The first kappa shape index (κ1) is 24.8. The molecule has 2 aromatic rings. The molecule has 0 radical (unpaired) electrons. The zero-order chi connectivity index (χ0) is 21.8. The summed E-state index contributed by atoms with van der Waals surface area (Å²) in [4.78, 5) is 2.63. The maximum Gasteiger partial charge on any atom is 0.0755 e. The van der Waals surface area contributed by atoms with Gasteiger partial charge in [-0.25, -0.2) is 0 Å². The maximum atomic E-state index is 11.6. The van der Waals surface area contributed by atoms with Crippen LogP contribution in [0.5, 0.6) is 0 Å².